The molecule has 2 aromatic carbocycles. The highest BCUT2D eigenvalue weighted by molar-refractivity contribution is 6.11. The SMILES string of the molecule is COc1cc(C(=O)c2c(C)cc(F)cc2C)ccc1C. The molecular formula is C17H17FO2. The molecule has 0 fully saturated rings. The fourth-order valence-electron chi connectivity index (χ4n) is 2.37. The van der Waals surface area contributed by atoms with Crippen LogP contribution in [0, 0.1) is 26.6 Å². The van der Waals surface area contributed by atoms with Crippen molar-refractivity contribution in [2.45, 2.75) is 20.8 Å². The van der Waals surface area contributed by atoms with Gasteiger partial charge in [-0.3, -0.25) is 4.79 Å². The summed E-state index contributed by atoms with van der Waals surface area (Å²) in [6.45, 7) is 5.41. The molecule has 0 atom stereocenters. The number of carbonyl (C=O) groups is 1. The smallest absolute Gasteiger partial charge is 0.193 e. The van der Waals surface area contributed by atoms with Crippen LogP contribution in [-0.4, -0.2) is 12.9 Å². The molecule has 0 bridgehead atoms. The van der Waals surface area contributed by atoms with Crippen LogP contribution in [0.4, 0.5) is 4.39 Å². The third kappa shape index (κ3) is 2.57. The molecule has 2 rings (SSSR count). The Bertz CT molecular complexity index is 652. The molecule has 0 aromatic heterocycles. The zero-order chi connectivity index (χ0) is 14.9. The molecule has 0 aliphatic rings. The van der Waals surface area contributed by atoms with Crippen molar-refractivity contribution in [2.75, 3.05) is 7.11 Å². The number of benzene rings is 2. The van der Waals surface area contributed by atoms with Crippen LogP contribution in [-0.2, 0) is 0 Å². The van der Waals surface area contributed by atoms with Gasteiger partial charge in [0.15, 0.2) is 5.78 Å². The lowest BCUT2D eigenvalue weighted by atomic mass is 9.94. The summed E-state index contributed by atoms with van der Waals surface area (Å²) in [5.41, 5.74) is 3.36. The lowest BCUT2D eigenvalue weighted by Crippen LogP contribution is -2.07. The van der Waals surface area contributed by atoms with E-state index in [4.69, 9.17) is 4.74 Å². The van der Waals surface area contributed by atoms with E-state index in [1.807, 2.05) is 13.0 Å². The van der Waals surface area contributed by atoms with E-state index in [1.165, 1.54) is 12.1 Å². The topological polar surface area (TPSA) is 26.3 Å². The number of halogens is 1. The molecule has 0 N–H and O–H groups in total. The molecule has 104 valence electrons. The maximum atomic E-state index is 13.3. The third-order valence-corrected chi connectivity index (χ3v) is 3.39. The molecule has 0 radical (unpaired) electrons. The highest BCUT2D eigenvalue weighted by Crippen LogP contribution is 2.24. The van der Waals surface area contributed by atoms with Crippen molar-refractivity contribution in [3.05, 3.63) is 64.0 Å². The van der Waals surface area contributed by atoms with Crippen LogP contribution < -0.4 is 4.74 Å². The zero-order valence-corrected chi connectivity index (χ0v) is 12.1. The number of ether oxygens (including phenoxy) is 1. The average Bonchev–Trinajstić information content (AvgIpc) is 2.37. The van der Waals surface area contributed by atoms with Gasteiger partial charge in [-0.15, -0.1) is 0 Å². The van der Waals surface area contributed by atoms with Gasteiger partial charge in [-0.1, -0.05) is 12.1 Å². The van der Waals surface area contributed by atoms with E-state index in [1.54, 1.807) is 33.1 Å². The van der Waals surface area contributed by atoms with Crippen LogP contribution in [0.2, 0.25) is 0 Å². The van der Waals surface area contributed by atoms with E-state index in [9.17, 15) is 9.18 Å². The normalized spacial score (nSPS) is 10.4. The Kier molecular flexibility index (Phi) is 3.89. The van der Waals surface area contributed by atoms with E-state index in [-0.39, 0.29) is 11.6 Å². The summed E-state index contributed by atoms with van der Waals surface area (Å²) >= 11 is 0. The van der Waals surface area contributed by atoms with E-state index < -0.39 is 0 Å². The number of hydrogen-bond acceptors (Lipinski definition) is 2. The monoisotopic (exact) mass is 272 g/mol. The number of aryl methyl sites for hydroxylation is 3. The molecule has 0 saturated carbocycles. The predicted octanol–water partition coefficient (Wildman–Crippen LogP) is 3.99. The van der Waals surface area contributed by atoms with Gasteiger partial charge in [0.25, 0.3) is 0 Å². The Labute approximate surface area is 118 Å². The summed E-state index contributed by atoms with van der Waals surface area (Å²) < 4.78 is 18.6. The first kappa shape index (κ1) is 14.3. The molecule has 0 spiro atoms. The molecule has 2 nitrogen and oxygen atoms in total. The van der Waals surface area contributed by atoms with Crippen LogP contribution in [0.3, 0.4) is 0 Å². The molecule has 2 aromatic rings. The van der Waals surface area contributed by atoms with Gasteiger partial charge in [-0.25, -0.2) is 4.39 Å². The van der Waals surface area contributed by atoms with Crippen LogP contribution in [0.1, 0.15) is 32.6 Å². The first-order valence-corrected chi connectivity index (χ1v) is 6.40. The molecule has 20 heavy (non-hydrogen) atoms. The van der Waals surface area contributed by atoms with Crippen molar-refractivity contribution in [1.82, 2.24) is 0 Å². The number of hydrogen-bond donors (Lipinski definition) is 0. The van der Waals surface area contributed by atoms with Crippen molar-refractivity contribution in [2.24, 2.45) is 0 Å². The summed E-state index contributed by atoms with van der Waals surface area (Å²) in [5.74, 6) is 0.240. The minimum Gasteiger partial charge on any atom is -0.496 e. The van der Waals surface area contributed by atoms with Gasteiger partial charge < -0.3 is 4.74 Å². The highest BCUT2D eigenvalue weighted by atomic mass is 19.1. The number of methoxy groups -OCH3 is 1. The van der Waals surface area contributed by atoms with Gasteiger partial charge in [-0.2, -0.15) is 0 Å². The summed E-state index contributed by atoms with van der Waals surface area (Å²) in [7, 11) is 1.57. The summed E-state index contributed by atoms with van der Waals surface area (Å²) in [6.07, 6.45) is 0. The quantitative estimate of drug-likeness (QED) is 0.790. The molecule has 0 aliphatic carbocycles. The second-order valence-corrected chi connectivity index (χ2v) is 4.93. The van der Waals surface area contributed by atoms with Crippen LogP contribution in [0.5, 0.6) is 5.75 Å². The van der Waals surface area contributed by atoms with Crippen LogP contribution >= 0.6 is 0 Å². The molecule has 0 heterocycles. The largest absolute Gasteiger partial charge is 0.496 e. The molecular weight excluding hydrogens is 255 g/mol. The van der Waals surface area contributed by atoms with Gasteiger partial charge in [0.2, 0.25) is 0 Å². The molecule has 0 amide bonds. The second-order valence-electron chi connectivity index (χ2n) is 4.93. The predicted molar refractivity (Wildman–Crippen MR) is 77.0 cm³/mol. The highest BCUT2D eigenvalue weighted by Gasteiger charge is 2.16. The maximum Gasteiger partial charge on any atom is 0.193 e. The van der Waals surface area contributed by atoms with E-state index in [0.29, 0.717) is 28.0 Å². The molecule has 0 unspecified atom stereocenters. The fourth-order valence-corrected chi connectivity index (χ4v) is 2.37. The summed E-state index contributed by atoms with van der Waals surface area (Å²) in [5, 5.41) is 0. The van der Waals surface area contributed by atoms with Crippen LogP contribution in [0.15, 0.2) is 30.3 Å². The minimum absolute atomic E-state index is 0.113. The van der Waals surface area contributed by atoms with Crippen molar-refractivity contribution < 1.29 is 13.9 Å². The lowest BCUT2D eigenvalue weighted by molar-refractivity contribution is 0.103. The van der Waals surface area contributed by atoms with Gasteiger partial charge >= 0.3 is 0 Å². The van der Waals surface area contributed by atoms with Crippen LogP contribution in [0.25, 0.3) is 0 Å². The van der Waals surface area contributed by atoms with E-state index in [2.05, 4.69) is 0 Å². The summed E-state index contributed by atoms with van der Waals surface area (Å²) in [6, 6.07) is 8.10. The zero-order valence-electron chi connectivity index (χ0n) is 12.1. The maximum absolute atomic E-state index is 13.3. The van der Waals surface area contributed by atoms with Crippen molar-refractivity contribution in [3.63, 3.8) is 0 Å². The Hall–Kier alpha value is -2.16. The minimum atomic E-state index is -0.321. The standard InChI is InChI=1S/C17H17FO2/c1-10-5-6-13(9-15(10)20-4)17(19)16-11(2)7-14(18)8-12(16)3/h5-9H,1-4H3. The van der Waals surface area contributed by atoms with E-state index >= 15 is 0 Å². The first-order chi connectivity index (χ1) is 9.43. The van der Waals surface area contributed by atoms with Gasteiger partial charge in [0.1, 0.15) is 11.6 Å². The number of rotatable bonds is 3. The Morgan fingerprint density at radius 3 is 2.15 bits per heavy atom. The van der Waals surface area contributed by atoms with E-state index in [0.717, 1.165) is 5.56 Å². The third-order valence-electron chi connectivity index (χ3n) is 3.39. The number of ketones is 1. The second kappa shape index (κ2) is 5.45. The first-order valence-electron chi connectivity index (χ1n) is 6.40. The van der Waals surface area contributed by atoms with Gasteiger partial charge in [0, 0.05) is 11.1 Å². The van der Waals surface area contributed by atoms with Gasteiger partial charge in [-0.05, 0) is 55.7 Å². The lowest BCUT2D eigenvalue weighted by Gasteiger charge is -2.11. The Morgan fingerprint density at radius 1 is 1.00 bits per heavy atom. The average molecular weight is 272 g/mol. The Balaban J connectivity index is 2.52. The summed E-state index contributed by atoms with van der Waals surface area (Å²) in [4.78, 5) is 12.6. The Morgan fingerprint density at radius 2 is 1.60 bits per heavy atom. The van der Waals surface area contributed by atoms with Gasteiger partial charge in [0.05, 0.1) is 7.11 Å². The molecule has 0 saturated heterocycles. The van der Waals surface area contributed by atoms with Crippen molar-refractivity contribution in [1.29, 1.82) is 0 Å². The van der Waals surface area contributed by atoms with Crippen molar-refractivity contribution >= 4 is 5.78 Å². The number of carbonyl (C=O) groups excluding carboxylic acids is 1. The fraction of sp³-hybridized carbons (Fsp3) is 0.235. The van der Waals surface area contributed by atoms with Crippen molar-refractivity contribution in [3.8, 4) is 5.75 Å². The molecule has 3 heteroatoms. The molecule has 0 aliphatic heterocycles.